The van der Waals surface area contributed by atoms with Crippen LogP contribution in [-0.4, -0.2) is 53.1 Å². The second-order valence-electron chi connectivity index (χ2n) is 9.05. The molecule has 0 unspecified atom stereocenters. The molecule has 0 radical (unpaired) electrons. The largest absolute Gasteiger partial charge is 0.480 e. The van der Waals surface area contributed by atoms with Crippen LogP contribution in [0.2, 0.25) is 0 Å². The number of imide groups is 1. The predicted octanol–water partition coefficient (Wildman–Crippen LogP) is 4.61. The molecule has 0 atom stereocenters. The van der Waals surface area contributed by atoms with Gasteiger partial charge in [0.2, 0.25) is 5.91 Å². The highest BCUT2D eigenvalue weighted by Crippen LogP contribution is 2.37. The molecular weight excluding hydrogens is 448 g/mol. The quantitative estimate of drug-likeness (QED) is 0.589. The summed E-state index contributed by atoms with van der Waals surface area (Å²) >= 11 is 0. The Bertz CT molecular complexity index is 1110. The van der Waals surface area contributed by atoms with Gasteiger partial charge in [-0.15, -0.1) is 0 Å². The smallest absolute Gasteiger partial charge is 0.333 e. The molecule has 1 saturated carbocycles. The number of aryl methyl sites for hydroxylation is 1. The molecule has 2 aliphatic rings. The van der Waals surface area contributed by atoms with Gasteiger partial charge in [0.15, 0.2) is 0 Å². The van der Waals surface area contributed by atoms with Crippen LogP contribution in [0.1, 0.15) is 44.1 Å². The molecule has 4 rings (SSSR count). The van der Waals surface area contributed by atoms with Crippen LogP contribution >= 0.6 is 0 Å². The first-order valence-corrected chi connectivity index (χ1v) is 11.9. The van der Waals surface area contributed by atoms with Gasteiger partial charge in [0.05, 0.1) is 11.4 Å². The SMILES string of the molecule is Cc1ccc(NC(=O)CN2C(=O)N(CC(=O)O)c3ccccc3N(C3CCCCCC3)C2=O)cc1. The van der Waals surface area contributed by atoms with Crippen molar-refractivity contribution in [3.8, 4) is 0 Å². The number of urea groups is 2. The number of carbonyl (C=O) groups is 4. The van der Waals surface area contributed by atoms with Crippen LogP contribution in [0.5, 0.6) is 0 Å². The molecule has 0 spiro atoms. The number of rotatable bonds is 6. The van der Waals surface area contributed by atoms with Crippen molar-refractivity contribution in [1.29, 1.82) is 0 Å². The molecule has 2 aromatic rings. The normalized spacial score (nSPS) is 17.0. The Labute approximate surface area is 204 Å². The van der Waals surface area contributed by atoms with Crippen LogP contribution in [0.4, 0.5) is 26.7 Å². The molecule has 1 aliphatic carbocycles. The van der Waals surface area contributed by atoms with E-state index in [-0.39, 0.29) is 6.04 Å². The summed E-state index contributed by atoms with van der Waals surface area (Å²) in [5.41, 5.74) is 2.41. The van der Waals surface area contributed by atoms with E-state index in [1.165, 1.54) is 0 Å². The van der Waals surface area contributed by atoms with Crippen LogP contribution < -0.4 is 15.1 Å². The molecule has 184 valence electrons. The predicted molar refractivity (Wildman–Crippen MR) is 133 cm³/mol. The first kappa shape index (κ1) is 24.3. The van der Waals surface area contributed by atoms with E-state index in [1.54, 1.807) is 41.3 Å². The zero-order chi connectivity index (χ0) is 24.9. The van der Waals surface area contributed by atoms with Crippen molar-refractivity contribution < 1.29 is 24.3 Å². The fraction of sp³-hybridized carbons (Fsp3) is 0.385. The Balaban J connectivity index is 1.70. The zero-order valence-corrected chi connectivity index (χ0v) is 19.8. The lowest BCUT2D eigenvalue weighted by Gasteiger charge is -2.33. The third-order valence-corrected chi connectivity index (χ3v) is 6.45. The maximum absolute atomic E-state index is 13.9. The first-order chi connectivity index (χ1) is 16.8. The molecule has 0 saturated heterocycles. The van der Waals surface area contributed by atoms with Gasteiger partial charge in [-0.3, -0.25) is 19.4 Å². The summed E-state index contributed by atoms with van der Waals surface area (Å²) in [5.74, 6) is -1.76. The van der Waals surface area contributed by atoms with E-state index in [1.807, 2.05) is 19.1 Å². The standard InChI is InChI=1S/C26H30N4O5/c1-18-12-14-19(15-13-18)27-23(31)16-29-25(34)28(17-24(32)33)21-10-6-7-11-22(21)30(26(29)35)20-8-4-2-3-5-9-20/h6-7,10-15,20H,2-5,8-9,16-17H2,1H3,(H,27,31)(H,32,33). The number of carboxylic acid groups (broad SMARTS) is 1. The number of aliphatic carboxylic acids is 1. The van der Waals surface area contributed by atoms with E-state index < -0.39 is 37.0 Å². The molecule has 1 fully saturated rings. The molecule has 9 heteroatoms. The summed E-state index contributed by atoms with van der Waals surface area (Å²) in [7, 11) is 0. The Morgan fingerprint density at radius 3 is 2.11 bits per heavy atom. The summed E-state index contributed by atoms with van der Waals surface area (Å²) in [6, 6.07) is 12.4. The average molecular weight is 479 g/mol. The Kier molecular flexibility index (Phi) is 7.33. The van der Waals surface area contributed by atoms with E-state index in [2.05, 4.69) is 5.32 Å². The zero-order valence-electron chi connectivity index (χ0n) is 19.8. The van der Waals surface area contributed by atoms with Gasteiger partial charge in [-0.05, 0) is 44.0 Å². The van der Waals surface area contributed by atoms with Crippen molar-refractivity contribution in [2.75, 3.05) is 28.2 Å². The van der Waals surface area contributed by atoms with E-state index in [0.29, 0.717) is 17.1 Å². The van der Waals surface area contributed by atoms with Gasteiger partial charge in [-0.2, -0.15) is 0 Å². The lowest BCUT2D eigenvalue weighted by Crippen LogP contribution is -2.54. The fourth-order valence-electron chi connectivity index (χ4n) is 4.73. The van der Waals surface area contributed by atoms with Crippen molar-refractivity contribution in [1.82, 2.24) is 4.90 Å². The Hall–Kier alpha value is -3.88. The summed E-state index contributed by atoms with van der Waals surface area (Å²) in [4.78, 5) is 55.5. The van der Waals surface area contributed by atoms with Crippen LogP contribution in [0.3, 0.4) is 0 Å². The first-order valence-electron chi connectivity index (χ1n) is 11.9. The number of nitrogens with one attached hydrogen (secondary N) is 1. The van der Waals surface area contributed by atoms with Gasteiger partial charge in [0.1, 0.15) is 13.1 Å². The molecule has 5 amide bonds. The summed E-state index contributed by atoms with van der Waals surface area (Å²) < 4.78 is 0. The summed E-state index contributed by atoms with van der Waals surface area (Å²) in [6.45, 7) is 0.771. The van der Waals surface area contributed by atoms with Crippen molar-refractivity contribution >= 4 is 41.0 Å². The van der Waals surface area contributed by atoms with Gasteiger partial charge in [-0.1, -0.05) is 55.5 Å². The van der Waals surface area contributed by atoms with Crippen LogP contribution in [0, 0.1) is 6.92 Å². The minimum Gasteiger partial charge on any atom is -0.480 e. The van der Waals surface area contributed by atoms with Gasteiger partial charge in [0, 0.05) is 11.7 Å². The molecule has 9 nitrogen and oxygen atoms in total. The minimum atomic E-state index is -1.22. The molecule has 2 aromatic carbocycles. The molecule has 35 heavy (non-hydrogen) atoms. The van der Waals surface area contributed by atoms with Crippen molar-refractivity contribution in [2.45, 2.75) is 51.5 Å². The number of carboxylic acids is 1. The molecular formula is C26H30N4O5. The van der Waals surface area contributed by atoms with Crippen LogP contribution in [0.15, 0.2) is 48.5 Å². The number of anilines is 3. The minimum absolute atomic E-state index is 0.147. The Morgan fingerprint density at radius 1 is 0.857 bits per heavy atom. The van der Waals surface area contributed by atoms with E-state index in [9.17, 15) is 24.3 Å². The molecule has 0 aromatic heterocycles. The third kappa shape index (κ3) is 5.45. The monoisotopic (exact) mass is 478 g/mol. The van der Waals surface area contributed by atoms with Crippen LogP contribution in [-0.2, 0) is 9.59 Å². The lowest BCUT2D eigenvalue weighted by molar-refractivity contribution is -0.135. The highest BCUT2D eigenvalue weighted by Gasteiger charge is 2.41. The number of hydrogen-bond acceptors (Lipinski definition) is 4. The summed E-state index contributed by atoms with van der Waals surface area (Å²) in [5, 5.41) is 12.2. The molecule has 1 aliphatic heterocycles. The average Bonchev–Trinajstić information content (AvgIpc) is 3.15. The number of nitrogens with zero attached hydrogens (tertiary/aromatic N) is 3. The van der Waals surface area contributed by atoms with Crippen molar-refractivity contribution in [3.63, 3.8) is 0 Å². The molecule has 0 bridgehead atoms. The highest BCUT2D eigenvalue weighted by atomic mass is 16.4. The topological polar surface area (TPSA) is 110 Å². The second kappa shape index (κ2) is 10.6. The van der Waals surface area contributed by atoms with E-state index in [4.69, 9.17) is 0 Å². The van der Waals surface area contributed by atoms with Crippen LogP contribution in [0.25, 0.3) is 0 Å². The summed E-state index contributed by atoms with van der Waals surface area (Å²) in [6.07, 6.45) is 5.61. The van der Waals surface area contributed by atoms with Crippen molar-refractivity contribution in [3.05, 3.63) is 54.1 Å². The fourth-order valence-corrected chi connectivity index (χ4v) is 4.73. The molecule has 2 N–H and O–H groups in total. The number of carbonyl (C=O) groups excluding carboxylic acids is 3. The van der Waals surface area contributed by atoms with Gasteiger partial charge < -0.3 is 10.4 Å². The van der Waals surface area contributed by atoms with Crippen molar-refractivity contribution in [2.24, 2.45) is 0 Å². The lowest BCUT2D eigenvalue weighted by atomic mass is 10.1. The van der Waals surface area contributed by atoms with Gasteiger partial charge in [0.25, 0.3) is 0 Å². The Morgan fingerprint density at radius 2 is 1.49 bits per heavy atom. The van der Waals surface area contributed by atoms with Gasteiger partial charge >= 0.3 is 18.0 Å². The van der Waals surface area contributed by atoms with E-state index in [0.717, 1.165) is 53.9 Å². The number of fused-ring (bicyclic) bond motifs is 1. The number of hydrogen-bond donors (Lipinski definition) is 2. The number of amides is 5. The highest BCUT2D eigenvalue weighted by molar-refractivity contribution is 6.16. The maximum Gasteiger partial charge on any atom is 0.333 e. The number of benzene rings is 2. The third-order valence-electron chi connectivity index (χ3n) is 6.45. The number of para-hydroxylation sites is 2. The van der Waals surface area contributed by atoms with Gasteiger partial charge in [-0.25, -0.2) is 14.5 Å². The maximum atomic E-state index is 13.9. The molecule has 1 heterocycles. The second-order valence-corrected chi connectivity index (χ2v) is 9.05. The van der Waals surface area contributed by atoms with E-state index >= 15 is 0 Å².